The quantitative estimate of drug-likeness (QED) is 0.595. The SMILES string of the molecule is COc1ccc(C)cc1C(CS(C)(=O)=O)NN. The number of benzene rings is 1. The van der Waals surface area contributed by atoms with Gasteiger partial charge < -0.3 is 4.74 Å². The van der Waals surface area contributed by atoms with Gasteiger partial charge in [0.25, 0.3) is 0 Å². The first-order valence-corrected chi connectivity index (χ1v) is 7.22. The standard InChI is InChI=1S/C11H18N2O3S/c1-8-4-5-11(16-2)9(6-8)10(13-12)7-17(3,14)15/h4-6,10,13H,7,12H2,1-3H3. The first-order valence-electron chi connectivity index (χ1n) is 5.15. The van der Waals surface area contributed by atoms with E-state index in [4.69, 9.17) is 10.6 Å². The number of ether oxygens (including phenoxy) is 1. The molecule has 0 bridgehead atoms. The molecule has 3 N–H and O–H groups in total. The summed E-state index contributed by atoms with van der Waals surface area (Å²) in [4.78, 5) is 0. The summed E-state index contributed by atoms with van der Waals surface area (Å²) in [6.45, 7) is 1.93. The molecule has 0 heterocycles. The lowest BCUT2D eigenvalue weighted by molar-refractivity contribution is 0.402. The van der Waals surface area contributed by atoms with Crippen LogP contribution in [0.5, 0.6) is 5.75 Å². The first kappa shape index (κ1) is 14.0. The van der Waals surface area contributed by atoms with E-state index in [0.717, 1.165) is 11.1 Å². The van der Waals surface area contributed by atoms with E-state index in [1.807, 2.05) is 19.1 Å². The number of methoxy groups -OCH3 is 1. The second-order valence-electron chi connectivity index (χ2n) is 4.06. The molecule has 0 aliphatic rings. The van der Waals surface area contributed by atoms with E-state index in [2.05, 4.69) is 5.43 Å². The molecular formula is C11H18N2O3S. The molecule has 0 aliphatic carbocycles. The zero-order valence-corrected chi connectivity index (χ0v) is 11.0. The number of aryl methyl sites for hydroxylation is 1. The van der Waals surface area contributed by atoms with Gasteiger partial charge in [-0.15, -0.1) is 0 Å². The van der Waals surface area contributed by atoms with Crippen LogP contribution in [-0.2, 0) is 9.84 Å². The third-order valence-electron chi connectivity index (χ3n) is 2.43. The van der Waals surface area contributed by atoms with E-state index in [1.54, 1.807) is 13.2 Å². The van der Waals surface area contributed by atoms with Crippen LogP contribution in [0.15, 0.2) is 18.2 Å². The van der Waals surface area contributed by atoms with Crippen molar-refractivity contribution in [2.45, 2.75) is 13.0 Å². The highest BCUT2D eigenvalue weighted by Crippen LogP contribution is 2.26. The van der Waals surface area contributed by atoms with E-state index in [-0.39, 0.29) is 5.75 Å². The number of rotatable bonds is 5. The fraction of sp³-hybridized carbons (Fsp3) is 0.455. The summed E-state index contributed by atoms with van der Waals surface area (Å²) < 4.78 is 27.9. The molecule has 0 saturated heterocycles. The molecule has 5 nitrogen and oxygen atoms in total. The van der Waals surface area contributed by atoms with Crippen LogP contribution in [0.1, 0.15) is 17.2 Å². The van der Waals surface area contributed by atoms with Gasteiger partial charge in [-0.3, -0.25) is 11.3 Å². The van der Waals surface area contributed by atoms with Crippen molar-refractivity contribution in [1.82, 2.24) is 5.43 Å². The normalized spacial score (nSPS) is 13.4. The van der Waals surface area contributed by atoms with Crippen molar-refractivity contribution < 1.29 is 13.2 Å². The smallest absolute Gasteiger partial charge is 0.149 e. The molecule has 1 atom stereocenters. The van der Waals surface area contributed by atoms with Crippen LogP contribution in [0, 0.1) is 6.92 Å². The number of hydrazine groups is 1. The van der Waals surface area contributed by atoms with Crippen LogP contribution in [0.25, 0.3) is 0 Å². The Morgan fingerprint density at radius 2 is 2.12 bits per heavy atom. The van der Waals surface area contributed by atoms with Crippen molar-refractivity contribution in [2.75, 3.05) is 19.1 Å². The molecule has 0 spiro atoms. The van der Waals surface area contributed by atoms with Gasteiger partial charge in [-0.25, -0.2) is 8.42 Å². The van der Waals surface area contributed by atoms with Gasteiger partial charge in [0.2, 0.25) is 0 Å². The van der Waals surface area contributed by atoms with Gasteiger partial charge in [0.05, 0.1) is 18.9 Å². The van der Waals surface area contributed by atoms with Gasteiger partial charge in [-0.05, 0) is 13.0 Å². The lowest BCUT2D eigenvalue weighted by Gasteiger charge is -2.18. The second kappa shape index (κ2) is 5.48. The van der Waals surface area contributed by atoms with Crippen molar-refractivity contribution >= 4 is 9.84 Å². The number of nitrogens with two attached hydrogens (primary N) is 1. The van der Waals surface area contributed by atoms with Crippen LogP contribution in [0.2, 0.25) is 0 Å². The fourth-order valence-corrected chi connectivity index (χ4v) is 2.54. The van der Waals surface area contributed by atoms with Gasteiger partial charge in [0.1, 0.15) is 15.6 Å². The van der Waals surface area contributed by atoms with Crippen molar-refractivity contribution in [3.05, 3.63) is 29.3 Å². The number of hydrogen-bond acceptors (Lipinski definition) is 5. The average Bonchev–Trinajstić information content (AvgIpc) is 2.24. The van der Waals surface area contributed by atoms with Crippen molar-refractivity contribution in [3.8, 4) is 5.75 Å². The third kappa shape index (κ3) is 3.99. The molecule has 1 rings (SSSR count). The predicted molar refractivity (Wildman–Crippen MR) is 67.5 cm³/mol. The maximum atomic E-state index is 11.3. The van der Waals surface area contributed by atoms with Crippen LogP contribution in [0.4, 0.5) is 0 Å². The van der Waals surface area contributed by atoms with E-state index in [1.165, 1.54) is 6.26 Å². The van der Waals surface area contributed by atoms with E-state index in [0.29, 0.717) is 5.75 Å². The predicted octanol–water partition coefficient (Wildman–Crippen LogP) is 0.553. The lowest BCUT2D eigenvalue weighted by Crippen LogP contribution is -2.33. The summed E-state index contributed by atoms with van der Waals surface area (Å²) in [5.41, 5.74) is 4.29. The highest BCUT2D eigenvalue weighted by atomic mass is 32.2. The van der Waals surface area contributed by atoms with Gasteiger partial charge in [-0.2, -0.15) is 0 Å². The summed E-state index contributed by atoms with van der Waals surface area (Å²) in [6, 6.07) is 5.10. The molecule has 1 aromatic carbocycles. The number of nitrogens with one attached hydrogen (secondary N) is 1. The van der Waals surface area contributed by atoms with E-state index >= 15 is 0 Å². The number of hydrogen-bond donors (Lipinski definition) is 2. The molecule has 1 unspecified atom stereocenters. The maximum Gasteiger partial charge on any atom is 0.149 e. The van der Waals surface area contributed by atoms with Crippen molar-refractivity contribution in [3.63, 3.8) is 0 Å². The minimum atomic E-state index is -3.12. The molecule has 0 aliphatic heterocycles. The Labute approximate surface area is 102 Å². The zero-order chi connectivity index (χ0) is 13.1. The van der Waals surface area contributed by atoms with Crippen LogP contribution >= 0.6 is 0 Å². The first-order chi connectivity index (χ1) is 7.87. The Bertz CT molecular complexity index is 485. The summed E-state index contributed by atoms with van der Waals surface area (Å²) in [5, 5.41) is 0. The molecule has 0 radical (unpaired) electrons. The minimum Gasteiger partial charge on any atom is -0.496 e. The Morgan fingerprint density at radius 1 is 1.47 bits per heavy atom. The molecule has 0 aromatic heterocycles. The van der Waals surface area contributed by atoms with Crippen molar-refractivity contribution in [2.24, 2.45) is 5.84 Å². The van der Waals surface area contributed by atoms with Gasteiger partial charge >= 0.3 is 0 Å². The molecule has 0 saturated carbocycles. The maximum absolute atomic E-state index is 11.3. The molecule has 0 amide bonds. The minimum absolute atomic E-state index is 0.0662. The summed E-state index contributed by atoms with van der Waals surface area (Å²) >= 11 is 0. The topological polar surface area (TPSA) is 81.4 Å². The third-order valence-corrected chi connectivity index (χ3v) is 3.37. The Balaban J connectivity index is 3.14. The molecular weight excluding hydrogens is 240 g/mol. The molecule has 1 aromatic rings. The van der Waals surface area contributed by atoms with Gasteiger partial charge in [0.15, 0.2) is 0 Å². The van der Waals surface area contributed by atoms with Gasteiger partial charge in [-0.1, -0.05) is 17.7 Å². The largest absolute Gasteiger partial charge is 0.496 e. The molecule has 0 fully saturated rings. The Hall–Kier alpha value is -1.11. The summed E-state index contributed by atoms with van der Waals surface area (Å²) in [7, 11) is -1.58. The monoisotopic (exact) mass is 258 g/mol. The van der Waals surface area contributed by atoms with Crippen molar-refractivity contribution in [1.29, 1.82) is 0 Å². The summed E-state index contributed by atoms with van der Waals surface area (Å²) in [5.74, 6) is 5.98. The Kier molecular flexibility index (Phi) is 4.50. The average molecular weight is 258 g/mol. The van der Waals surface area contributed by atoms with E-state index < -0.39 is 15.9 Å². The van der Waals surface area contributed by atoms with Crippen LogP contribution in [0.3, 0.4) is 0 Å². The fourth-order valence-electron chi connectivity index (χ4n) is 1.66. The highest BCUT2D eigenvalue weighted by Gasteiger charge is 2.19. The van der Waals surface area contributed by atoms with Gasteiger partial charge in [0, 0.05) is 11.8 Å². The summed E-state index contributed by atoms with van der Waals surface area (Å²) in [6.07, 6.45) is 1.18. The van der Waals surface area contributed by atoms with Crippen LogP contribution < -0.4 is 16.0 Å². The lowest BCUT2D eigenvalue weighted by atomic mass is 10.0. The second-order valence-corrected chi connectivity index (χ2v) is 6.24. The molecule has 17 heavy (non-hydrogen) atoms. The molecule has 6 heteroatoms. The highest BCUT2D eigenvalue weighted by molar-refractivity contribution is 7.90. The van der Waals surface area contributed by atoms with E-state index in [9.17, 15) is 8.42 Å². The number of sulfone groups is 1. The Morgan fingerprint density at radius 3 is 2.59 bits per heavy atom. The molecule has 96 valence electrons. The zero-order valence-electron chi connectivity index (χ0n) is 10.2. The van der Waals surface area contributed by atoms with Crippen LogP contribution in [-0.4, -0.2) is 27.5 Å².